The lowest BCUT2D eigenvalue weighted by atomic mass is 10.1. The van der Waals surface area contributed by atoms with Gasteiger partial charge in [0.2, 0.25) is 0 Å². The summed E-state index contributed by atoms with van der Waals surface area (Å²) in [5, 5.41) is 0. The Bertz CT molecular complexity index is 402. The highest BCUT2D eigenvalue weighted by molar-refractivity contribution is 6.17. The molecule has 0 spiro atoms. The van der Waals surface area contributed by atoms with Gasteiger partial charge in [-0.25, -0.2) is 9.18 Å². The maximum absolute atomic E-state index is 13.2. The molecule has 1 aromatic carbocycles. The zero-order valence-electron chi connectivity index (χ0n) is 8.87. The summed E-state index contributed by atoms with van der Waals surface area (Å²) >= 11 is 5.50. The molecule has 0 N–H and O–H groups in total. The van der Waals surface area contributed by atoms with Crippen LogP contribution in [-0.4, -0.2) is 19.0 Å². The summed E-state index contributed by atoms with van der Waals surface area (Å²) < 4.78 is 17.7. The molecule has 0 bridgehead atoms. The number of halogens is 2. The van der Waals surface area contributed by atoms with Gasteiger partial charge in [-0.15, -0.1) is 11.6 Å². The second kappa shape index (κ2) is 6.28. The molecule has 0 amide bonds. The maximum atomic E-state index is 13.2. The van der Waals surface area contributed by atoms with Gasteiger partial charge >= 0.3 is 5.97 Å². The normalized spacial score (nSPS) is 10.7. The molecule has 0 fully saturated rings. The predicted octanol–water partition coefficient (Wildman–Crippen LogP) is 3.25. The fourth-order valence-electron chi connectivity index (χ4n) is 1.23. The molecule has 0 aliphatic carbocycles. The molecule has 1 aromatic rings. The van der Waals surface area contributed by atoms with Gasteiger partial charge in [0, 0.05) is 5.88 Å². The van der Waals surface area contributed by atoms with Crippen LogP contribution < -0.4 is 0 Å². The van der Waals surface area contributed by atoms with E-state index in [-0.39, 0.29) is 5.56 Å². The second-order valence-electron chi connectivity index (χ2n) is 3.14. The monoisotopic (exact) mass is 242 g/mol. The van der Waals surface area contributed by atoms with Crippen LogP contribution in [-0.2, 0) is 4.74 Å². The fraction of sp³-hybridized carbons (Fsp3) is 0.250. The molecule has 0 aromatic heterocycles. The van der Waals surface area contributed by atoms with E-state index in [0.717, 1.165) is 6.07 Å². The molecule has 0 saturated heterocycles. The molecule has 0 unspecified atom stereocenters. The molecule has 16 heavy (non-hydrogen) atoms. The van der Waals surface area contributed by atoms with E-state index in [0.29, 0.717) is 17.9 Å². The average molecular weight is 243 g/mol. The summed E-state index contributed by atoms with van der Waals surface area (Å²) in [7, 11) is 1.26. The van der Waals surface area contributed by atoms with Crippen molar-refractivity contribution in [2.24, 2.45) is 0 Å². The second-order valence-corrected chi connectivity index (χ2v) is 3.52. The number of carbonyl (C=O) groups is 1. The standard InChI is InChI=1S/C12H12ClFO2/c1-16-12(15)10-6-9(4-2-3-5-13)7-11(14)8-10/h2,4,6-8H,3,5H2,1H3. The van der Waals surface area contributed by atoms with Crippen LogP contribution in [0.4, 0.5) is 4.39 Å². The van der Waals surface area contributed by atoms with E-state index in [1.54, 1.807) is 12.1 Å². The number of hydrogen-bond acceptors (Lipinski definition) is 2. The van der Waals surface area contributed by atoms with Gasteiger partial charge < -0.3 is 4.74 Å². The Morgan fingerprint density at radius 2 is 2.25 bits per heavy atom. The lowest BCUT2D eigenvalue weighted by Crippen LogP contribution is -2.01. The Balaban J connectivity index is 2.94. The van der Waals surface area contributed by atoms with Gasteiger partial charge in [0.15, 0.2) is 0 Å². The molecule has 0 atom stereocenters. The molecule has 0 saturated carbocycles. The zero-order valence-corrected chi connectivity index (χ0v) is 9.63. The third-order valence-electron chi connectivity index (χ3n) is 1.93. The Morgan fingerprint density at radius 1 is 1.50 bits per heavy atom. The van der Waals surface area contributed by atoms with Crippen molar-refractivity contribution in [3.05, 3.63) is 41.2 Å². The Kier molecular flexibility index (Phi) is 4.99. The first-order valence-electron chi connectivity index (χ1n) is 4.79. The zero-order chi connectivity index (χ0) is 12.0. The summed E-state index contributed by atoms with van der Waals surface area (Å²) in [4.78, 5) is 11.2. The molecule has 0 heterocycles. The lowest BCUT2D eigenvalue weighted by Gasteiger charge is -2.01. The van der Waals surface area contributed by atoms with Crippen LogP contribution in [0, 0.1) is 5.82 Å². The van der Waals surface area contributed by atoms with Crippen LogP contribution in [0.15, 0.2) is 24.3 Å². The number of methoxy groups -OCH3 is 1. The van der Waals surface area contributed by atoms with Gasteiger partial charge in [-0.1, -0.05) is 12.2 Å². The first-order valence-corrected chi connectivity index (χ1v) is 5.32. The number of alkyl halides is 1. The molecule has 0 aliphatic rings. The highest BCUT2D eigenvalue weighted by Crippen LogP contribution is 2.12. The molecular formula is C12H12ClFO2. The minimum absolute atomic E-state index is 0.202. The van der Waals surface area contributed by atoms with Crippen LogP contribution in [0.2, 0.25) is 0 Å². The minimum Gasteiger partial charge on any atom is -0.465 e. The Morgan fingerprint density at radius 3 is 2.88 bits per heavy atom. The largest absolute Gasteiger partial charge is 0.465 e. The first kappa shape index (κ1) is 12.7. The van der Waals surface area contributed by atoms with Crippen molar-refractivity contribution in [1.29, 1.82) is 0 Å². The SMILES string of the molecule is COC(=O)c1cc(F)cc(C=CCCCl)c1. The summed E-state index contributed by atoms with van der Waals surface area (Å²) in [5.74, 6) is -0.504. The van der Waals surface area contributed by atoms with E-state index in [2.05, 4.69) is 4.74 Å². The Labute approximate surface area is 98.7 Å². The molecule has 1 rings (SSSR count). The predicted molar refractivity (Wildman–Crippen MR) is 62.1 cm³/mol. The summed E-state index contributed by atoms with van der Waals surface area (Å²) in [6, 6.07) is 4.06. The highest BCUT2D eigenvalue weighted by Gasteiger charge is 2.07. The van der Waals surface area contributed by atoms with Crippen molar-refractivity contribution in [3.8, 4) is 0 Å². The van der Waals surface area contributed by atoms with Crippen molar-refractivity contribution in [3.63, 3.8) is 0 Å². The van der Waals surface area contributed by atoms with E-state index >= 15 is 0 Å². The fourth-order valence-corrected chi connectivity index (χ4v) is 1.35. The maximum Gasteiger partial charge on any atom is 0.337 e. The first-order chi connectivity index (χ1) is 7.67. The van der Waals surface area contributed by atoms with E-state index in [1.165, 1.54) is 13.2 Å². The minimum atomic E-state index is -0.550. The number of ether oxygens (including phenoxy) is 1. The van der Waals surface area contributed by atoms with Crippen LogP contribution >= 0.6 is 11.6 Å². The van der Waals surface area contributed by atoms with Crippen LogP contribution in [0.3, 0.4) is 0 Å². The van der Waals surface area contributed by atoms with Gasteiger partial charge in [-0.3, -0.25) is 0 Å². The summed E-state index contributed by atoms with van der Waals surface area (Å²) in [5.41, 5.74) is 0.818. The number of allylic oxidation sites excluding steroid dienone is 1. The molecular weight excluding hydrogens is 231 g/mol. The molecule has 86 valence electrons. The van der Waals surface area contributed by atoms with Gasteiger partial charge in [0.25, 0.3) is 0 Å². The number of benzene rings is 1. The van der Waals surface area contributed by atoms with Crippen molar-refractivity contribution >= 4 is 23.6 Å². The average Bonchev–Trinajstić information content (AvgIpc) is 2.27. The van der Waals surface area contributed by atoms with Crippen LogP contribution in [0.5, 0.6) is 0 Å². The summed E-state index contributed by atoms with van der Waals surface area (Å²) in [6.07, 6.45) is 4.24. The van der Waals surface area contributed by atoms with Crippen molar-refractivity contribution in [2.45, 2.75) is 6.42 Å². The Hall–Kier alpha value is -1.35. The van der Waals surface area contributed by atoms with Crippen molar-refractivity contribution in [2.75, 3.05) is 13.0 Å². The number of esters is 1. The molecule has 4 heteroatoms. The topological polar surface area (TPSA) is 26.3 Å². The van der Waals surface area contributed by atoms with Gasteiger partial charge in [0.1, 0.15) is 5.82 Å². The third kappa shape index (κ3) is 3.66. The quantitative estimate of drug-likeness (QED) is 0.598. The van der Waals surface area contributed by atoms with Crippen molar-refractivity contribution in [1.82, 2.24) is 0 Å². The number of rotatable bonds is 4. The highest BCUT2D eigenvalue weighted by atomic mass is 35.5. The molecule has 0 aliphatic heterocycles. The van der Waals surface area contributed by atoms with Gasteiger partial charge in [-0.05, 0) is 30.2 Å². The van der Waals surface area contributed by atoms with E-state index < -0.39 is 11.8 Å². The summed E-state index contributed by atoms with van der Waals surface area (Å²) in [6.45, 7) is 0. The van der Waals surface area contributed by atoms with E-state index in [9.17, 15) is 9.18 Å². The van der Waals surface area contributed by atoms with Crippen LogP contribution in [0.1, 0.15) is 22.3 Å². The van der Waals surface area contributed by atoms with E-state index in [1.807, 2.05) is 6.08 Å². The molecule has 0 radical (unpaired) electrons. The van der Waals surface area contributed by atoms with Crippen LogP contribution in [0.25, 0.3) is 6.08 Å². The molecule has 2 nitrogen and oxygen atoms in total. The van der Waals surface area contributed by atoms with Crippen molar-refractivity contribution < 1.29 is 13.9 Å². The smallest absolute Gasteiger partial charge is 0.337 e. The van der Waals surface area contributed by atoms with E-state index in [4.69, 9.17) is 11.6 Å². The number of hydrogen-bond donors (Lipinski definition) is 0. The van der Waals surface area contributed by atoms with Gasteiger partial charge in [-0.2, -0.15) is 0 Å². The third-order valence-corrected chi connectivity index (χ3v) is 2.15. The number of carbonyl (C=O) groups excluding carboxylic acids is 1. The van der Waals surface area contributed by atoms with Gasteiger partial charge in [0.05, 0.1) is 12.7 Å². The lowest BCUT2D eigenvalue weighted by molar-refractivity contribution is 0.0600.